The van der Waals surface area contributed by atoms with Crippen LogP contribution < -0.4 is 5.32 Å². The molecule has 1 aromatic carbocycles. The molecule has 7 heteroatoms. The van der Waals surface area contributed by atoms with Gasteiger partial charge in [0.25, 0.3) is 0 Å². The van der Waals surface area contributed by atoms with Crippen LogP contribution in [0.3, 0.4) is 0 Å². The number of nitrogens with zero attached hydrogens (tertiary/aromatic N) is 1. The second-order valence-corrected chi connectivity index (χ2v) is 4.94. The molecule has 1 aliphatic rings. The summed E-state index contributed by atoms with van der Waals surface area (Å²) in [5.74, 6) is -0.773. The largest absolute Gasteiger partial charge is 0.416 e. The van der Waals surface area contributed by atoms with Crippen LogP contribution in [-0.4, -0.2) is 31.1 Å². The topological polar surface area (TPSA) is 15.3 Å². The van der Waals surface area contributed by atoms with E-state index in [2.05, 4.69) is 10.2 Å². The summed E-state index contributed by atoms with van der Waals surface area (Å²) in [6.07, 6.45) is -3.83. The number of benzene rings is 1. The van der Waals surface area contributed by atoms with Gasteiger partial charge in [0, 0.05) is 37.8 Å². The normalized spacial score (nSPS) is 18.1. The van der Waals surface area contributed by atoms with Crippen LogP contribution in [0.1, 0.15) is 30.5 Å². The highest BCUT2D eigenvalue weighted by Gasteiger charge is 2.32. The molecule has 1 aliphatic heterocycles. The van der Waals surface area contributed by atoms with E-state index in [1.165, 1.54) is 6.07 Å². The van der Waals surface area contributed by atoms with Crippen LogP contribution in [-0.2, 0) is 6.18 Å². The molecule has 0 aromatic heterocycles. The van der Waals surface area contributed by atoms with E-state index < -0.39 is 17.6 Å². The molecule has 0 spiro atoms. The predicted octanol–water partition coefficient (Wildman–Crippen LogP) is 3.62. The van der Waals surface area contributed by atoms with Crippen molar-refractivity contribution in [2.75, 3.05) is 26.2 Å². The third-order valence-corrected chi connectivity index (χ3v) is 3.67. The number of hydrogen-bond donors (Lipinski definition) is 1. The third kappa shape index (κ3) is 4.31. The molecular formula is C14H19ClF4N2. The van der Waals surface area contributed by atoms with Gasteiger partial charge < -0.3 is 5.32 Å². The standard InChI is InChI=1S/C14H18F4N2.ClH/c1-2-13(20-7-5-19-6-8-20)11-4-3-10(9-12(11)15)14(16,17)18;/h3-4,9,13,19H,2,5-8H2,1H3;1H/t13-;/m1./s1. The lowest BCUT2D eigenvalue weighted by Gasteiger charge is -2.35. The first-order valence-electron chi connectivity index (χ1n) is 6.75. The minimum Gasteiger partial charge on any atom is -0.314 e. The van der Waals surface area contributed by atoms with Crippen LogP contribution in [0.25, 0.3) is 0 Å². The summed E-state index contributed by atoms with van der Waals surface area (Å²) in [4.78, 5) is 2.11. The number of alkyl halides is 3. The van der Waals surface area contributed by atoms with Gasteiger partial charge in [-0.3, -0.25) is 4.90 Å². The van der Waals surface area contributed by atoms with Crippen LogP contribution in [0.15, 0.2) is 18.2 Å². The zero-order chi connectivity index (χ0) is 14.8. The van der Waals surface area contributed by atoms with Gasteiger partial charge in [0.2, 0.25) is 0 Å². The molecular weight excluding hydrogens is 308 g/mol. The lowest BCUT2D eigenvalue weighted by Crippen LogP contribution is -2.45. The molecule has 2 rings (SSSR count). The van der Waals surface area contributed by atoms with Crippen molar-refractivity contribution in [1.82, 2.24) is 10.2 Å². The maximum absolute atomic E-state index is 14.0. The zero-order valence-electron chi connectivity index (χ0n) is 11.7. The molecule has 0 radical (unpaired) electrons. The molecule has 0 amide bonds. The van der Waals surface area contributed by atoms with Crippen LogP contribution >= 0.6 is 12.4 Å². The molecule has 1 fully saturated rings. The van der Waals surface area contributed by atoms with Gasteiger partial charge in [-0.1, -0.05) is 13.0 Å². The Morgan fingerprint density at radius 2 is 1.86 bits per heavy atom. The van der Waals surface area contributed by atoms with Crippen LogP contribution in [0, 0.1) is 5.82 Å². The van der Waals surface area contributed by atoms with E-state index in [4.69, 9.17) is 0 Å². The fourth-order valence-corrected chi connectivity index (χ4v) is 2.64. The van der Waals surface area contributed by atoms with E-state index in [9.17, 15) is 17.6 Å². The first-order chi connectivity index (χ1) is 9.43. The maximum Gasteiger partial charge on any atom is 0.416 e. The van der Waals surface area contributed by atoms with Gasteiger partial charge in [-0.05, 0) is 18.6 Å². The van der Waals surface area contributed by atoms with E-state index in [-0.39, 0.29) is 18.4 Å². The Kier molecular flexibility index (Phi) is 6.43. The predicted molar refractivity (Wildman–Crippen MR) is 76.1 cm³/mol. The zero-order valence-corrected chi connectivity index (χ0v) is 12.5. The first kappa shape index (κ1) is 18.2. The highest BCUT2D eigenvalue weighted by Crippen LogP contribution is 2.33. The number of nitrogens with one attached hydrogen (secondary N) is 1. The van der Waals surface area contributed by atoms with Gasteiger partial charge in [0.05, 0.1) is 5.56 Å². The Balaban J connectivity index is 0.00000220. The molecule has 21 heavy (non-hydrogen) atoms. The molecule has 1 atom stereocenters. The summed E-state index contributed by atoms with van der Waals surface area (Å²) in [5, 5.41) is 3.20. The van der Waals surface area contributed by atoms with E-state index in [0.29, 0.717) is 18.1 Å². The molecule has 1 aromatic rings. The van der Waals surface area contributed by atoms with Crippen molar-refractivity contribution in [2.45, 2.75) is 25.6 Å². The molecule has 1 heterocycles. The minimum atomic E-state index is -4.50. The van der Waals surface area contributed by atoms with Gasteiger partial charge in [0.15, 0.2) is 0 Å². The summed E-state index contributed by atoms with van der Waals surface area (Å²) < 4.78 is 51.7. The molecule has 0 saturated carbocycles. The van der Waals surface area contributed by atoms with Crippen LogP contribution in [0.5, 0.6) is 0 Å². The lowest BCUT2D eigenvalue weighted by molar-refractivity contribution is -0.137. The van der Waals surface area contributed by atoms with Crippen molar-refractivity contribution >= 4 is 12.4 Å². The fourth-order valence-electron chi connectivity index (χ4n) is 2.64. The molecule has 0 bridgehead atoms. The number of halogens is 5. The lowest BCUT2D eigenvalue weighted by atomic mass is 9.99. The molecule has 0 aliphatic carbocycles. The van der Waals surface area contributed by atoms with Crippen molar-refractivity contribution in [3.05, 3.63) is 35.1 Å². The van der Waals surface area contributed by atoms with E-state index in [1.54, 1.807) is 0 Å². The van der Waals surface area contributed by atoms with E-state index in [1.807, 2.05) is 6.92 Å². The summed E-state index contributed by atoms with van der Waals surface area (Å²) >= 11 is 0. The Morgan fingerprint density at radius 3 is 2.33 bits per heavy atom. The van der Waals surface area contributed by atoms with Crippen molar-refractivity contribution in [3.63, 3.8) is 0 Å². The summed E-state index contributed by atoms with van der Waals surface area (Å²) in [6, 6.07) is 2.66. The quantitative estimate of drug-likeness (QED) is 0.853. The summed E-state index contributed by atoms with van der Waals surface area (Å²) in [5.41, 5.74) is -0.587. The van der Waals surface area contributed by atoms with Crippen molar-refractivity contribution < 1.29 is 17.6 Å². The van der Waals surface area contributed by atoms with E-state index in [0.717, 1.165) is 32.2 Å². The number of hydrogen-bond acceptors (Lipinski definition) is 2. The van der Waals surface area contributed by atoms with Gasteiger partial charge in [0.1, 0.15) is 5.82 Å². The second-order valence-electron chi connectivity index (χ2n) is 4.94. The SMILES string of the molecule is CC[C@H](c1ccc(C(F)(F)F)cc1F)N1CCNCC1.Cl. The summed E-state index contributed by atoms with van der Waals surface area (Å²) in [6.45, 7) is 5.11. The van der Waals surface area contributed by atoms with Gasteiger partial charge in [-0.2, -0.15) is 13.2 Å². The first-order valence-corrected chi connectivity index (χ1v) is 6.75. The highest BCUT2D eigenvalue weighted by atomic mass is 35.5. The van der Waals surface area contributed by atoms with Crippen LogP contribution in [0.4, 0.5) is 17.6 Å². The van der Waals surface area contributed by atoms with Gasteiger partial charge in [-0.25, -0.2) is 4.39 Å². The summed E-state index contributed by atoms with van der Waals surface area (Å²) in [7, 11) is 0. The Morgan fingerprint density at radius 1 is 1.24 bits per heavy atom. The minimum absolute atomic E-state index is 0. The Bertz CT molecular complexity index is 459. The van der Waals surface area contributed by atoms with E-state index >= 15 is 0 Å². The van der Waals surface area contributed by atoms with Gasteiger partial charge >= 0.3 is 6.18 Å². The van der Waals surface area contributed by atoms with Crippen molar-refractivity contribution in [3.8, 4) is 0 Å². The van der Waals surface area contributed by atoms with Crippen molar-refractivity contribution in [1.29, 1.82) is 0 Å². The second kappa shape index (κ2) is 7.42. The Hall–Kier alpha value is -0.850. The number of rotatable bonds is 3. The molecule has 1 saturated heterocycles. The molecule has 1 N–H and O–H groups in total. The Labute approximate surface area is 127 Å². The average Bonchev–Trinajstić information content (AvgIpc) is 2.41. The third-order valence-electron chi connectivity index (χ3n) is 3.67. The molecule has 0 unspecified atom stereocenters. The average molecular weight is 327 g/mol. The fraction of sp³-hybridized carbons (Fsp3) is 0.571. The maximum atomic E-state index is 14.0. The van der Waals surface area contributed by atoms with Crippen LogP contribution in [0.2, 0.25) is 0 Å². The van der Waals surface area contributed by atoms with Crippen molar-refractivity contribution in [2.24, 2.45) is 0 Å². The monoisotopic (exact) mass is 326 g/mol. The molecule has 120 valence electrons. The highest BCUT2D eigenvalue weighted by molar-refractivity contribution is 5.85. The molecule has 2 nitrogen and oxygen atoms in total. The van der Waals surface area contributed by atoms with Gasteiger partial charge in [-0.15, -0.1) is 12.4 Å². The smallest absolute Gasteiger partial charge is 0.314 e. The number of piperazine rings is 1.